The van der Waals surface area contributed by atoms with Crippen molar-refractivity contribution in [3.8, 4) is 11.5 Å². The van der Waals surface area contributed by atoms with Gasteiger partial charge in [-0.15, -0.1) is 0 Å². The number of pyridine rings is 1. The van der Waals surface area contributed by atoms with E-state index >= 15 is 0 Å². The summed E-state index contributed by atoms with van der Waals surface area (Å²) in [6, 6.07) is 7.52. The standard InChI is InChI=1S/C29H40N6O4/c1-5-6-7-15-39-25-16-23(9-10-24(25)38-4)35-14-8-13-33(29(35)37)18-21-11-12-31-28-27(21)22(17-30)19-34(28)20-26(36)32(2)3/h9-12,16,19H,5-8,13-15,17-18,20,30H2,1-4H3. The van der Waals surface area contributed by atoms with E-state index in [-0.39, 0.29) is 18.5 Å². The predicted octanol–water partition coefficient (Wildman–Crippen LogP) is 3.99. The topological polar surface area (TPSA) is 106 Å². The third kappa shape index (κ3) is 6.27. The molecule has 2 N–H and O–H groups in total. The average Bonchev–Trinajstić information content (AvgIpc) is 3.30. The van der Waals surface area contributed by atoms with E-state index in [2.05, 4.69) is 11.9 Å². The van der Waals surface area contributed by atoms with Crippen LogP contribution in [-0.4, -0.2) is 72.2 Å². The molecule has 1 saturated heterocycles. The Balaban J connectivity index is 1.57. The summed E-state index contributed by atoms with van der Waals surface area (Å²) in [7, 11) is 5.08. The van der Waals surface area contributed by atoms with Gasteiger partial charge in [0.15, 0.2) is 11.5 Å². The number of amides is 3. The highest BCUT2D eigenvalue weighted by atomic mass is 16.5. The van der Waals surface area contributed by atoms with Gasteiger partial charge in [-0.25, -0.2) is 9.78 Å². The van der Waals surface area contributed by atoms with Crippen molar-refractivity contribution in [3.05, 3.63) is 47.8 Å². The highest BCUT2D eigenvalue weighted by molar-refractivity contribution is 5.94. The quantitative estimate of drug-likeness (QED) is 0.351. The summed E-state index contributed by atoms with van der Waals surface area (Å²) in [5.74, 6) is 1.27. The molecule has 1 fully saturated rings. The minimum absolute atomic E-state index is 0.0299. The van der Waals surface area contributed by atoms with Crippen molar-refractivity contribution in [2.75, 3.05) is 45.8 Å². The number of hydrogen-bond acceptors (Lipinski definition) is 6. The number of unbranched alkanes of at least 4 members (excludes halogenated alkanes) is 2. The van der Waals surface area contributed by atoms with Crippen LogP contribution in [0.25, 0.3) is 11.0 Å². The number of methoxy groups -OCH3 is 1. The van der Waals surface area contributed by atoms with E-state index in [1.807, 2.05) is 39.9 Å². The van der Waals surface area contributed by atoms with Gasteiger partial charge in [-0.2, -0.15) is 0 Å². The van der Waals surface area contributed by atoms with Crippen LogP contribution in [0.3, 0.4) is 0 Å². The van der Waals surface area contributed by atoms with Crippen molar-refractivity contribution in [1.29, 1.82) is 0 Å². The van der Waals surface area contributed by atoms with E-state index < -0.39 is 0 Å². The zero-order valence-electron chi connectivity index (χ0n) is 23.5. The van der Waals surface area contributed by atoms with Gasteiger partial charge >= 0.3 is 6.03 Å². The Morgan fingerprint density at radius 2 is 1.95 bits per heavy atom. The van der Waals surface area contributed by atoms with E-state index in [0.717, 1.165) is 47.9 Å². The Hall–Kier alpha value is -3.79. The molecule has 3 heterocycles. The Morgan fingerprint density at radius 3 is 2.67 bits per heavy atom. The molecule has 3 amide bonds. The fourth-order valence-corrected chi connectivity index (χ4v) is 4.92. The lowest BCUT2D eigenvalue weighted by Gasteiger charge is -2.36. The van der Waals surface area contributed by atoms with Gasteiger partial charge in [0, 0.05) is 69.8 Å². The fraction of sp³-hybridized carbons (Fsp3) is 0.483. The second-order valence-corrected chi connectivity index (χ2v) is 10.0. The summed E-state index contributed by atoms with van der Waals surface area (Å²) in [4.78, 5) is 35.8. The lowest BCUT2D eigenvalue weighted by Crippen LogP contribution is -2.49. The van der Waals surface area contributed by atoms with Crippen molar-refractivity contribution in [2.45, 2.75) is 52.2 Å². The van der Waals surface area contributed by atoms with Crippen LogP contribution in [0.15, 0.2) is 36.7 Å². The first-order valence-electron chi connectivity index (χ1n) is 13.6. The van der Waals surface area contributed by atoms with Gasteiger partial charge in [-0.05, 0) is 42.2 Å². The van der Waals surface area contributed by atoms with Crippen molar-refractivity contribution >= 4 is 28.7 Å². The van der Waals surface area contributed by atoms with Crippen LogP contribution in [0.1, 0.15) is 43.7 Å². The number of anilines is 1. The van der Waals surface area contributed by atoms with Crippen LogP contribution >= 0.6 is 0 Å². The van der Waals surface area contributed by atoms with Crippen LogP contribution in [0.5, 0.6) is 11.5 Å². The highest BCUT2D eigenvalue weighted by Gasteiger charge is 2.28. The number of urea groups is 1. The second-order valence-electron chi connectivity index (χ2n) is 10.0. The highest BCUT2D eigenvalue weighted by Crippen LogP contribution is 2.34. The van der Waals surface area contributed by atoms with Gasteiger partial charge in [-0.1, -0.05) is 19.8 Å². The molecule has 10 heteroatoms. The van der Waals surface area contributed by atoms with Crippen LogP contribution in [0, 0.1) is 0 Å². The van der Waals surface area contributed by atoms with Crippen molar-refractivity contribution < 1.29 is 19.1 Å². The van der Waals surface area contributed by atoms with Crippen LogP contribution in [0.4, 0.5) is 10.5 Å². The summed E-state index contributed by atoms with van der Waals surface area (Å²) in [5.41, 5.74) is 9.44. The van der Waals surface area contributed by atoms with Gasteiger partial charge in [-0.3, -0.25) is 9.69 Å². The maximum Gasteiger partial charge on any atom is 0.324 e. The van der Waals surface area contributed by atoms with E-state index in [4.69, 9.17) is 15.2 Å². The average molecular weight is 537 g/mol. The molecule has 210 valence electrons. The number of carbonyl (C=O) groups excluding carboxylic acids is 2. The normalized spacial score (nSPS) is 13.7. The number of carbonyl (C=O) groups is 2. The molecule has 2 aromatic heterocycles. The number of benzene rings is 1. The molecule has 4 rings (SSSR count). The van der Waals surface area contributed by atoms with Gasteiger partial charge in [0.25, 0.3) is 0 Å². The molecular weight excluding hydrogens is 496 g/mol. The maximum absolute atomic E-state index is 13.7. The summed E-state index contributed by atoms with van der Waals surface area (Å²) >= 11 is 0. The molecule has 1 aromatic carbocycles. The summed E-state index contributed by atoms with van der Waals surface area (Å²) in [6.45, 7) is 4.94. The zero-order chi connectivity index (χ0) is 27.9. The molecule has 10 nitrogen and oxygen atoms in total. The largest absolute Gasteiger partial charge is 0.493 e. The number of nitrogens with two attached hydrogens (primary N) is 1. The number of hydrogen-bond donors (Lipinski definition) is 1. The van der Waals surface area contributed by atoms with Crippen molar-refractivity contribution in [2.24, 2.45) is 5.73 Å². The minimum atomic E-state index is -0.0650. The van der Waals surface area contributed by atoms with Gasteiger partial charge in [0.2, 0.25) is 5.91 Å². The number of fused-ring (bicyclic) bond motifs is 1. The molecule has 0 atom stereocenters. The monoisotopic (exact) mass is 536 g/mol. The molecule has 0 bridgehead atoms. The minimum Gasteiger partial charge on any atom is -0.493 e. The van der Waals surface area contributed by atoms with Crippen molar-refractivity contribution in [3.63, 3.8) is 0 Å². The fourth-order valence-electron chi connectivity index (χ4n) is 4.92. The number of likely N-dealkylation sites (N-methyl/N-ethyl adjacent to an activating group) is 1. The molecular formula is C29H40N6O4. The first-order chi connectivity index (χ1) is 18.9. The number of aromatic nitrogens is 2. The summed E-state index contributed by atoms with van der Waals surface area (Å²) in [6.07, 6.45) is 7.65. The number of rotatable bonds is 12. The molecule has 1 aliphatic heterocycles. The Bertz CT molecular complexity index is 1300. The van der Waals surface area contributed by atoms with Crippen molar-refractivity contribution in [1.82, 2.24) is 19.4 Å². The first kappa shape index (κ1) is 28.2. The SMILES string of the molecule is CCCCCOc1cc(N2CCCN(Cc3ccnc4c3c(CN)cn4CC(=O)N(C)C)C2=O)ccc1OC. The maximum atomic E-state index is 13.7. The molecule has 0 aliphatic carbocycles. The summed E-state index contributed by atoms with van der Waals surface area (Å²) in [5, 5.41) is 0.906. The second kappa shape index (κ2) is 12.8. The number of ether oxygens (including phenoxy) is 2. The molecule has 0 saturated carbocycles. The lowest BCUT2D eigenvalue weighted by molar-refractivity contribution is -0.129. The zero-order valence-corrected chi connectivity index (χ0v) is 23.5. The Labute approximate surface area is 230 Å². The smallest absolute Gasteiger partial charge is 0.324 e. The van der Waals surface area contributed by atoms with Crippen LogP contribution < -0.4 is 20.1 Å². The molecule has 1 aliphatic rings. The molecule has 3 aromatic rings. The Morgan fingerprint density at radius 1 is 1.13 bits per heavy atom. The van der Waals surface area contributed by atoms with E-state index in [1.165, 1.54) is 0 Å². The van der Waals surface area contributed by atoms with E-state index in [0.29, 0.717) is 49.9 Å². The lowest BCUT2D eigenvalue weighted by atomic mass is 10.1. The molecule has 0 unspecified atom stereocenters. The van der Waals surface area contributed by atoms with Crippen LogP contribution in [-0.2, 0) is 24.4 Å². The Kier molecular flexibility index (Phi) is 9.29. The molecule has 39 heavy (non-hydrogen) atoms. The predicted molar refractivity (Wildman–Crippen MR) is 152 cm³/mol. The summed E-state index contributed by atoms with van der Waals surface area (Å²) < 4.78 is 13.3. The van der Waals surface area contributed by atoms with E-state index in [9.17, 15) is 9.59 Å². The first-order valence-corrected chi connectivity index (χ1v) is 13.6. The molecule has 0 radical (unpaired) electrons. The molecule has 0 spiro atoms. The van der Waals surface area contributed by atoms with Crippen LogP contribution in [0.2, 0.25) is 0 Å². The number of nitrogens with zero attached hydrogens (tertiary/aromatic N) is 5. The van der Waals surface area contributed by atoms with Gasteiger partial charge in [0.05, 0.1) is 13.7 Å². The third-order valence-electron chi connectivity index (χ3n) is 7.08. The van der Waals surface area contributed by atoms with Gasteiger partial charge < -0.3 is 29.6 Å². The van der Waals surface area contributed by atoms with E-state index in [1.54, 1.807) is 37.2 Å². The third-order valence-corrected chi connectivity index (χ3v) is 7.08. The van der Waals surface area contributed by atoms with Gasteiger partial charge in [0.1, 0.15) is 12.2 Å².